The van der Waals surface area contributed by atoms with Crippen molar-refractivity contribution in [2.45, 2.75) is 19.3 Å². The molecule has 0 atom stereocenters. The molecule has 1 N–H and O–H groups in total. The van der Waals surface area contributed by atoms with Gasteiger partial charge in [0.15, 0.2) is 5.13 Å². The molecule has 0 unspecified atom stereocenters. The van der Waals surface area contributed by atoms with Gasteiger partial charge in [-0.15, -0.1) is 11.3 Å². The Bertz CT molecular complexity index is 652. The summed E-state index contributed by atoms with van der Waals surface area (Å²) in [6.07, 6.45) is 3.16. The molecule has 6 heteroatoms. The van der Waals surface area contributed by atoms with Crippen LogP contribution >= 0.6 is 11.3 Å². The zero-order valence-electron chi connectivity index (χ0n) is 12.2. The Kier molecular flexibility index (Phi) is 4.68. The molecular weight excluding hydrogens is 301 g/mol. The number of thiazole rings is 1. The van der Waals surface area contributed by atoms with Crippen molar-refractivity contribution in [2.24, 2.45) is 0 Å². The molecule has 1 aromatic carbocycles. The normalized spacial score (nSPS) is 14.3. The lowest BCUT2D eigenvalue weighted by Crippen LogP contribution is -2.25. The van der Waals surface area contributed by atoms with E-state index in [0.717, 1.165) is 23.9 Å². The number of carbonyl (C=O) groups excluding carboxylic acids is 1. The minimum atomic E-state index is -0.401. The smallest absolute Gasteiger partial charge is 0.251 e. The lowest BCUT2D eigenvalue weighted by Gasteiger charge is -2.12. The van der Waals surface area contributed by atoms with E-state index in [4.69, 9.17) is 0 Å². The van der Waals surface area contributed by atoms with Crippen molar-refractivity contribution in [1.29, 1.82) is 0 Å². The lowest BCUT2D eigenvalue weighted by molar-refractivity contribution is 0.0953. The Labute approximate surface area is 133 Å². The Hall–Kier alpha value is -1.95. The molecule has 0 aliphatic carbocycles. The van der Waals surface area contributed by atoms with Crippen LogP contribution in [0.5, 0.6) is 0 Å². The highest BCUT2D eigenvalue weighted by Crippen LogP contribution is 2.24. The number of aromatic nitrogens is 1. The summed E-state index contributed by atoms with van der Waals surface area (Å²) >= 11 is 1.66. The molecule has 0 bridgehead atoms. The average molecular weight is 319 g/mol. The first-order valence-corrected chi connectivity index (χ1v) is 8.33. The molecule has 1 aromatic heterocycles. The van der Waals surface area contributed by atoms with Crippen LogP contribution < -0.4 is 10.2 Å². The van der Waals surface area contributed by atoms with Crippen molar-refractivity contribution in [3.8, 4) is 0 Å². The predicted octanol–water partition coefficient (Wildman–Crippen LogP) is 2.85. The fourth-order valence-corrected chi connectivity index (χ4v) is 3.41. The number of rotatable bonds is 5. The van der Waals surface area contributed by atoms with Gasteiger partial charge in [0, 0.05) is 37.0 Å². The van der Waals surface area contributed by atoms with Crippen molar-refractivity contribution in [3.05, 3.63) is 46.7 Å². The number of carbonyl (C=O) groups is 1. The fraction of sp³-hybridized carbons (Fsp3) is 0.375. The summed E-state index contributed by atoms with van der Waals surface area (Å²) in [4.78, 5) is 18.8. The highest BCUT2D eigenvalue weighted by molar-refractivity contribution is 7.13. The number of benzene rings is 1. The van der Waals surface area contributed by atoms with Crippen LogP contribution in [0, 0.1) is 5.82 Å². The van der Waals surface area contributed by atoms with Crippen molar-refractivity contribution >= 4 is 22.4 Å². The summed E-state index contributed by atoms with van der Waals surface area (Å²) in [6.45, 7) is 2.67. The van der Waals surface area contributed by atoms with Gasteiger partial charge >= 0.3 is 0 Å². The van der Waals surface area contributed by atoms with Crippen molar-refractivity contribution in [3.63, 3.8) is 0 Å². The van der Waals surface area contributed by atoms with Crippen LogP contribution in [-0.2, 0) is 6.42 Å². The molecule has 22 heavy (non-hydrogen) atoms. The summed E-state index contributed by atoms with van der Waals surface area (Å²) < 4.78 is 13.1. The molecule has 1 fully saturated rings. The monoisotopic (exact) mass is 319 g/mol. The van der Waals surface area contributed by atoms with Crippen LogP contribution in [0.3, 0.4) is 0 Å². The van der Waals surface area contributed by atoms with E-state index >= 15 is 0 Å². The highest BCUT2D eigenvalue weighted by Gasteiger charge is 2.15. The summed E-state index contributed by atoms with van der Waals surface area (Å²) in [5, 5.41) is 5.92. The molecule has 1 aliphatic heterocycles. The van der Waals surface area contributed by atoms with Crippen molar-refractivity contribution in [1.82, 2.24) is 10.3 Å². The van der Waals surface area contributed by atoms with E-state index in [1.807, 2.05) is 5.38 Å². The molecule has 1 saturated heterocycles. The van der Waals surface area contributed by atoms with E-state index in [-0.39, 0.29) is 5.91 Å². The van der Waals surface area contributed by atoms with Gasteiger partial charge in [-0.2, -0.15) is 0 Å². The van der Waals surface area contributed by atoms with E-state index in [1.54, 1.807) is 17.4 Å². The van der Waals surface area contributed by atoms with Crippen LogP contribution in [0.4, 0.5) is 9.52 Å². The highest BCUT2D eigenvalue weighted by atomic mass is 32.1. The Morgan fingerprint density at radius 1 is 1.36 bits per heavy atom. The molecule has 2 aromatic rings. The van der Waals surface area contributed by atoms with Crippen LogP contribution in [0.1, 0.15) is 28.9 Å². The van der Waals surface area contributed by atoms with Gasteiger partial charge in [-0.1, -0.05) is 6.07 Å². The Morgan fingerprint density at radius 2 is 2.18 bits per heavy atom. The number of amides is 1. The van der Waals surface area contributed by atoms with E-state index in [2.05, 4.69) is 15.2 Å². The molecule has 0 saturated carbocycles. The molecule has 2 heterocycles. The summed E-state index contributed by atoms with van der Waals surface area (Å²) in [7, 11) is 0. The quantitative estimate of drug-likeness (QED) is 0.922. The SMILES string of the molecule is O=C(NCCc1csc(N2CCCC2)n1)c1cccc(F)c1. The maximum Gasteiger partial charge on any atom is 0.251 e. The lowest BCUT2D eigenvalue weighted by atomic mass is 10.2. The Morgan fingerprint density at radius 3 is 2.95 bits per heavy atom. The largest absolute Gasteiger partial charge is 0.352 e. The molecule has 1 amide bonds. The van der Waals surface area contributed by atoms with E-state index in [1.165, 1.54) is 31.0 Å². The standard InChI is InChI=1S/C16H18FN3OS/c17-13-5-3-4-12(10-13)15(21)18-7-6-14-11-22-16(19-14)20-8-1-2-9-20/h3-5,10-11H,1-2,6-9H2,(H,18,21). The van der Waals surface area contributed by atoms with Crippen molar-refractivity contribution in [2.75, 3.05) is 24.5 Å². The minimum Gasteiger partial charge on any atom is -0.352 e. The van der Waals surface area contributed by atoms with Crippen molar-refractivity contribution < 1.29 is 9.18 Å². The number of hydrogen-bond acceptors (Lipinski definition) is 4. The molecule has 3 rings (SSSR count). The Balaban J connectivity index is 1.49. The minimum absolute atomic E-state index is 0.255. The molecule has 116 valence electrons. The summed E-state index contributed by atoms with van der Waals surface area (Å²) in [6, 6.07) is 5.70. The zero-order chi connectivity index (χ0) is 15.4. The first kappa shape index (κ1) is 15.0. The molecule has 0 radical (unpaired) electrons. The third-order valence-corrected chi connectivity index (χ3v) is 4.62. The van der Waals surface area contributed by atoms with Gasteiger partial charge < -0.3 is 10.2 Å². The summed E-state index contributed by atoms with van der Waals surface area (Å²) in [5.41, 5.74) is 1.34. The van der Waals surface area contributed by atoms with E-state index in [9.17, 15) is 9.18 Å². The van der Waals surface area contributed by atoms with Gasteiger partial charge in [-0.05, 0) is 31.0 Å². The second-order valence-corrected chi connectivity index (χ2v) is 6.17. The third-order valence-electron chi connectivity index (χ3n) is 3.67. The number of hydrogen-bond donors (Lipinski definition) is 1. The van der Waals surface area contributed by atoms with E-state index < -0.39 is 5.82 Å². The second-order valence-electron chi connectivity index (χ2n) is 5.33. The van der Waals surface area contributed by atoms with E-state index in [0.29, 0.717) is 18.5 Å². The fourth-order valence-electron chi connectivity index (χ4n) is 2.50. The first-order chi connectivity index (χ1) is 10.7. The second kappa shape index (κ2) is 6.87. The van der Waals surface area contributed by atoms with Gasteiger partial charge in [0.25, 0.3) is 5.91 Å². The first-order valence-electron chi connectivity index (χ1n) is 7.45. The molecular formula is C16H18FN3OS. The van der Waals surface area contributed by atoms with Gasteiger partial charge in [-0.25, -0.2) is 9.37 Å². The maximum absolute atomic E-state index is 13.1. The van der Waals surface area contributed by atoms with Gasteiger partial charge in [0.1, 0.15) is 5.82 Å². The van der Waals surface area contributed by atoms with Crippen LogP contribution in [0.15, 0.2) is 29.6 Å². The predicted molar refractivity (Wildman–Crippen MR) is 86.0 cm³/mol. The number of nitrogens with zero attached hydrogens (tertiary/aromatic N) is 2. The number of halogens is 1. The number of anilines is 1. The topological polar surface area (TPSA) is 45.2 Å². The maximum atomic E-state index is 13.1. The van der Waals surface area contributed by atoms with Crippen LogP contribution in [0.25, 0.3) is 0 Å². The molecule has 4 nitrogen and oxygen atoms in total. The third kappa shape index (κ3) is 3.62. The molecule has 1 aliphatic rings. The summed E-state index contributed by atoms with van der Waals surface area (Å²) in [5.74, 6) is -0.656. The van der Waals surface area contributed by atoms with Gasteiger partial charge in [0.05, 0.1) is 5.69 Å². The molecule has 0 spiro atoms. The van der Waals surface area contributed by atoms with Gasteiger partial charge in [0.2, 0.25) is 0 Å². The van der Waals surface area contributed by atoms with Crippen LogP contribution in [0.2, 0.25) is 0 Å². The zero-order valence-corrected chi connectivity index (χ0v) is 13.0. The van der Waals surface area contributed by atoms with Crippen LogP contribution in [-0.4, -0.2) is 30.5 Å². The number of nitrogens with one attached hydrogen (secondary N) is 1. The average Bonchev–Trinajstić information content (AvgIpc) is 3.18. The van der Waals surface area contributed by atoms with Gasteiger partial charge in [-0.3, -0.25) is 4.79 Å².